The minimum Gasteiger partial charge on any atom is -0.390 e. The van der Waals surface area contributed by atoms with E-state index in [4.69, 9.17) is 4.74 Å². The maximum atomic E-state index is 10.4. The Morgan fingerprint density at radius 3 is 3.00 bits per heavy atom. The predicted molar refractivity (Wildman–Crippen MR) is 45.8 cm³/mol. The highest BCUT2D eigenvalue weighted by atomic mass is 16.6. The van der Waals surface area contributed by atoms with Gasteiger partial charge in [0.25, 0.3) is 0 Å². The lowest BCUT2D eigenvalue weighted by Crippen LogP contribution is -2.09. The zero-order valence-electron chi connectivity index (χ0n) is 7.71. The summed E-state index contributed by atoms with van der Waals surface area (Å²) in [5, 5.41) is 14.2. The second kappa shape index (κ2) is 3.33. The van der Waals surface area contributed by atoms with Crippen molar-refractivity contribution >= 4 is 5.95 Å². The molecule has 1 aromatic heterocycles. The first kappa shape index (κ1) is 9.07. The molecule has 1 aliphatic rings. The molecule has 14 heavy (non-hydrogen) atoms. The van der Waals surface area contributed by atoms with Gasteiger partial charge in [-0.05, 0) is 9.91 Å². The standard InChI is InChI=1S/C7H10N4O3/c1-2-6-8-7(11(12)13)9-10(6)3-5-4-14-5/h5H,2-4H2,1H3. The Bertz CT molecular complexity index is 358. The zero-order chi connectivity index (χ0) is 10.1. The molecule has 1 atom stereocenters. The molecule has 1 aromatic rings. The normalized spacial score (nSPS) is 19.6. The van der Waals surface area contributed by atoms with Gasteiger partial charge in [-0.3, -0.25) is 0 Å². The van der Waals surface area contributed by atoms with Crippen LogP contribution in [0.2, 0.25) is 0 Å². The Balaban J connectivity index is 2.21. The summed E-state index contributed by atoms with van der Waals surface area (Å²) in [7, 11) is 0. The van der Waals surface area contributed by atoms with Crippen LogP contribution in [0.25, 0.3) is 0 Å². The van der Waals surface area contributed by atoms with Crippen molar-refractivity contribution in [2.24, 2.45) is 0 Å². The van der Waals surface area contributed by atoms with Crippen molar-refractivity contribution in [1.29, 1.82) is 0 Å². The van der Waals surface area contributed by atoms with Crippen LogP contribution in [0.5, 0.6) is 0 Å². The average molecular weight is 198 g/mol. The molecular formula is C7H10N4O3. The van der Waals surface area contributed by atoms with Crippen LogP contribution in [0.4, 0.5) is 5.95 Å². The number of ether oxygens (including phenoxy) is 1. The van der Waals surface area contributed by atoms with E-state index in [9.17, 15) is 10.1 Å². The molecule has 7 heteroatoms. The summed E-state index contributed by atoms with van der Waals surface area (Å²) in [6.07, 6.45) is 0.787. The lowest BCUT2D eigenvalue weighted by Gasteiger charge is -1.93. The average Bonchev–Trinajstić information content (AvgIpc) is 2.84. The van der Waals surface area contributed by atoms with Gasteiger partial charge in [-0.2, -0.15) is 4.68 Å². The van der Waals surface area contributed by atoms with Gasteiger partial charge in [-0.15, -0.1) is 0 Å². The van der Waals surface area contributed by atoms with E-state index in [1.807, 2.05) is 6.92 Å². The molecule has 0 aliphatic carbocycles. The van der Waals surface area contributed by atoms with E-state index in [1.54, 1.807) is 4.68 Å². The topological polar surface area (TPSA) is 86.4 Å². The molecule has 0 N–H and O–H groups in total. The second-order valence-corrected chi connectivity index (χ2v) is 3.08. The van der Waals surface area contributed by atoms with Crippen LogP contribution in [0, 0.1) is 10.1 Å². The van der Waals surface area contributed by atoms with Gasteiger partial charge in [0.15, 0.2) is 0 Å². The van der Waals surface area contributed by atoms with E-state index in [0.29, 0.717) is 25.4 Å². The summed E-state index contributed by atoms with van der Waals surface area (Å²) in [6, 6.07) is 0. The molecule has 76 valence electrons. The zero-order valence-corrected chi connectivity index (χ0v) is 7.71. The summed E-state index contributed by atoms with van der Waals surface area (Å²) in [5.41, 5.74) is 0. The van der Waals surface area contributed by atoms with Crippen LogP contribution in [0.1, 0.15) is 12.7 Å². The molecule has 0 saturated carbocycles. The van der Waals surface area contributed by atoms with Gasteiger partial charge in [0, 0.05) is 11.5 Å². The highest BCUT2D eigenvalue weighted by molar-refractivity contribution is 5.04. The van der Waals surface area contributed by atoms with Gasteiger partial charge in [-0.25, -0.2) is 0 Å². The number of hydrogen-bond donors (Lipinski definition) is 0. The first-order chi connectivity index (χ1) is 6.70. The monoisotopic (exact) mass is 198 g/mol. The maximum absolute atomic E-state index is 10.4. The molecule has 1 saturated heterocycles. The summed E-state index contributed by atoms with van der Waals surface area (Å²) >= 11 is 0. The van der Waals surface area contributed by atoms with Crippen molar-refractivity contribution in [3.63, 3.8) is 0 Å². The minimum absolute atomic E-state index is 0.154. The fraction of sp³-hybridized carbons (Fsp3) is 0.714. The van der Waals surface area contributed by atoms with Crippen molar-refractivity contribution in [1.82, 2.24) is 14.8 Å². The number of epoxide rings is 1. The number of rotatable bonds is 4. The van der Waals surface area contributed by atoms with Gasteiger partial charge >= 0.3 is 5.95 Å². The highest BCUT2D eigenvalue weighted by Crippen LogP contribution is 2.14. The molecular weight excluding hydrogens is 188 g/mol. The fourth-order valence-electron chi connectivity index (χ4n) is 1.21. The smallest absolute Gasteiger partial charge is 0.390 e. The highest BCUT2D eigenvalue weighted by Gasteiger charge is 2.28. The van der Waals surface area contributed by atoms with Crippen LogP contribution in [0.3, 0.4) is 0 Å². The Morgan fingerprint density at radius 1 is 1.79 bits per heavy atom. The Kier molecular flexibility index (Phi) is 2.16. The second-order valence-electron chi connectivity index (χ2n) is 3.08. The van der Waals surface area contributed by atoms with Crippen molar-refractivity contribution < 1.29 is 9.66 Å². The largest absolute Gasteiger partial charge is 0.491 e. The molecule has 0 aromatic carbocycles. The van der Waals surface area contributed by atoms with E-state index >= 15 is 0 Å². The number of hydrogen-bond acceptors (Lipinski definition) is 5. The van der Waals surface area contributed by atoms with Crippen LogP contribution < -0.4 is 0 Å². The number of nitro groups is 1. The molecule has 0 bridgehead atoms. The Morgan fingerprint density at radius 2 is 2.50 bits per heavy atom. The molecule has 0 spiro atoms. The van der Waals surface area contributed by atoms with E-state index in [-0.39, 0.29) is 12.1 Å². The van der Waals surface area contributed by atoms with Crippen molar-refractivity contribution in [3.05, 3.63) is 15.9 Å². The van der Waals surface area contributed by atoms with E-state index < -0.39 is 4.92 Å². The number of aromatic nitrogens is 3. The number of aryl methyl sites for hydroxylation is 1. The SMILES string of the molecule is CCc1nc([N+](=O)[O-])nn1CC1CO1. The molecule has 1 aliphatic heterocycles. The van der Waals surface area contributed by atoms with E-state index in [1.165, 1.54) is 0 Å². The first-order valence-electron chi connectivity index (χ1n) is 4.40. The van der Waals surface area contributed by atoms with Crippen LogP contribution in [-0.4, -0.2) is 32.4 Å². The van der Waals surface area contributed by atoms with Crippen molar-refractivity contribution in [3.8, 4) is 0 Å². The lowest BCUT2D eigenvalue weighted by molar-refractivity contribution is -0.394. The molecule has 1 unspecified atom stereocenters. The molecule has 2 rings (SSSR count). The molecule has 1 fully saturated rings. The van der Waals surface area contributed by atoms with Gasteiger partial charge < -0.3 is 14.9 Å². The fourth-order valence-corrected chi connectivity index (χ4v) is 1.21. The molecule has 2 heterocycles. The Labute approximate surface area is 79.8 Å². The maximum Gasteiger partial charge on any atom is 0.491 e. The summed E-state index contributed by atoms with van der Waals surface area (Å²) in [6.45, 7) is 3.15. The van der Waals surface area contributed by atoms with Gasteiger partial charge in [0.05, 0.1) is 13.2 Å². The third-order valence-electron chi connectivity index (χ3n) is 2.00. The first-order valence-corrected chi connectivity index (χ1v) is 4.40. The summed E-state index contributed by atoms with van der Waals surface area (Å²) < 4.78 is 6.57. The number of nitrogens with zero attached hydrogens (tertiary/aromatic N) is 4. The van der Waals surface area contributed by atoms with Crippen LogP contribution >= 0.6 is 0 Å². The van der Waals surface area contributed by atoms with Crippen molar-refractivity contribution in [2.45, 2.75) is 26.0 Å². The summed E-state index contributed by atoms with van der Waals surface area (Å²) in [5.74, 6) is 0.301. The van der Waals surface area contributed by atoms with E-state index in [0.717, 1.165) is 0 Å². The van der Waals surface area contributed by atoms with Crippen LogP contribution in [-0.2, 0) is 17.7 Å². The van der Waals surface area contributed by atoms with E-state index in [2.05, 4.69) is 10.1 Å². The molecule has 0 radical (unpaired) electrons. The van der Waals surface area contributed by atoms with Gasteiger partial charge in [-0.1, -0.05) is 6.92 Å². The minimum atomic E-state index is -0.580. The third kappa shape index (κ3) is 1.72. The third-order valence-corrected chi connectivity index (χ3v) is 2.00. The van der Waals surface area contributed by atoms with Gasteiger partial charge in [0.1, 0.15) is 6.10 Å². The lowest BCUT2D eigenvalue weighted by atomic mass is 10.4. The predicted octanol–water partition coefficient (Wildman–Crippen LogP) is 0.147. The summed E-state index contributed by atoms with van der Waals surface area (Å²) in [4.78, 5) is 13.6. The van der Waals surface area contributed by atoms with Gasteiger partial charge in [0.2, 0.25) is 5.82 Å². The Hall–Kier alpha value is -1.50. The molecule has 7 nitrogen and oxygen atoms in total. The van der Waals surface area contributed by atoms with Crippen molar-refractivity contribution in [2.75, 3.05) is 6.61 Å². The quantitative estimate of drug-likeness (QED) is 0.390. The van der Waals surface area contributed by atoms with Crippen LogP contribution in [0.15, 0.2) is 0 Å². The molecule has 0 amide bonds.